The lowest BCUT2D eigenvalue weighted by atomic mass is 10.1. The van der Waals surface area contributed by atoms with Gasteiger partial charge in [-0.05, 0) is 34.1 Å². The van der Waals surface area contributed by atoms with Gasteiger partial charge in [-0.1, -0.05) is 64.7 Å². The molecule has 0 spiro atoms. The molecule has 0 unspecified atom stereocenters. The molecule has 0 fully saturated rings. The van der Waals surface area contributed by atoms with Gasteiger partial charge in [-0.3, -0.25) is 0 Å². The summed E-state index contributed by atoms with van der Waals surface area (Å²) in [6.07, 6.45) is 19.9. The molecule has 0 amide bonds. The van der Waals surface area contributed by atoms with Gasteiger partial charge in [-0.2, -0.15) is 0 Å². The number of unbranched alkanes of at least 4 members (excludes halogenated alkanes) is 9. The van der Waals surface area contributed by atoms with Crippen LogP contribution in [0.2, 0.25) is 0 Å². The summed E-state index contributed by atoms with van der Waals surface area (Å²) in [7, 11) is 0. The highest BCUT2D eigenvalue weighted by atomic mass is 15.2. The number of nitrogens with zero attached hydrogens (tertiary/aromatic N) is 2. The summed E-state index contributed by atoms with van der Waals surface area (Å²) in [4.78, 5) is 0. The Bertz CT molecular complexity index is 378. The lowest BCUT2D eigenvalue weighted by molar-refractivity contribution is -0.722. The molecule has 2 nitrogen and oxygen atoms in total. The molecule has 1 aromatic rings. The fraction of sp³-hybridized carbons (Fsp3) is 0.857. The van der Waals surface area contributed by atoms with Crippen LogP contribution in [0.1, 0.15) is 117 Å². The Morgan fingerprint density at radius 1 is 0.826 bits per heavy atom. The van der Waals surface area contributed by atoms with Crippen LogP contribution in [0.25, 0.3) is 0 Å². The highest BCUT2D eigenvalue weighted by Crippen LogP contribution is 2.14. The van der Waals surface area contributed by atoms with Crippen molar-refractivity contribution >= 4 is 0 Å². The van der Waals surface area contributed by atoms with E-state index >= 15 is 0 Å². The van der Waals surface area contributed by atoms with E-state index in [2.05, 4.69) is 56.1 Å². The minimum absolute atomic E-state index is 0.563. The fourth-order valence-electron chi connectivity index (χ4n) is 3.42. The smallest absolute Gasteiger partial charge is 0.232 e. The summed E-state index contributed by atoms with van der Waals surface area (Å²) >= 11 is 0. The van der Waals surface area contributed by atoms with Crippen LogP contribution in [0.15, 0.2) is 12.4 Å². The van der Waals surface area contributed by atoms with Gasteiger partial charge in [0, 0.05) is 6.42 Å². The molecule has 0 aliphatic heterocycles. The van der Waals surface area contributed by atoms with Crippen molar-refractivity contribution in [2.45, 2.75) is 117 Å². The molecule has 1 heterocycles. The Morgan fingerprint density at radius 2 is 1.35 bits per heavy atom. The molecule has 134 valence electrons. The second-order valence-electron chi connectivity index (χ2n) is 7.65. The number of hydrogen-bond donors (Lipinski definition) is 0. The summed E-state index contributed by atoms with van der Waals surface area (Å²) < 4.78 is 4.90. The van der Waals surface area contributed by atoms with Crippen molar-refractivity contribution in [3.8, 4) is 0 Å². The first-order chi connectivity index (χ1) is 11.1. The highest BCUT2D eigenvalue weighted by molar-refractivity contribution is 4.87. The minimum Gasteiger partial charge on any atom is -0.232 e. The Morgan fingerprint density at radius 3 is 1.83 bits per heavy atom. The summed E-state index contributed by atoms with van der Waals surface area (Å²) in [5.74, 6) is 1.51. The molecule has 0 saturated carbocycles. The van der Waals surface area contributed by atoms with Gasteiger partial charge in [0.05, 0.1) is 12.1 Å². The van der Waals surface area contributed by atoms with Crippen LogP contribution in [0.5, 0.6) is 0 Å². The molecule has 0 saturated heterocycles. The molecule has 2 heteroatoms. The van der Waals surface area contributed by atoms with Gasteiger partial charge in [0.25, 0.3) is 5.82 Å². The third-order valence-corrected chi connectivity index (χ3v) is 4.85. The lowest BCUT2D eigenvalue weighted by Crippen LogP contribution is -2.39. The van der Waals surface area contributed by atoms with Gasteiger partial charge in [0.1, 0.15) is 12.4 Å². The van der Waals surface area contributed by atoms with Crippen molar-refractivity contribution in [3.05, 3.63) is 18.2 Å². The molecular formula is C21H41N2+. The Labute approximate surface area is 145 Å². The first-order valence-electron chi connectivity index (χ1n) is 10.2. The second kappa shape index (κ2) is 11.7. The maximum atomic E-state index is 2.45. The van der Waals surface area contributed by atoms with Gasteiger partial charge in [0.15, 0.2) is 0 Å². The van der Waals surface area contributed by atoms with Crippen molar-refractivity contribution in [2.24, 2.45) is 0 Å². The van der Waals surface area contributed by atoms with Crippen LogP contribution in [0.4, 0.5) is 0 Å². The first-order valence-corrected chi connectivity index (χ1v) is 10.2. The van der Waals surface area contributed by atoms with Crippen LogP contribution in [-0.2, 0) is 6.42 Å². The van der Waals surface area contributed by atoms with E-state index in [4.69, 9.17) is 0 Å². The molecule has 0 radical (unpaired) electrons. The van der Waals surface area contributed by atoms with Crippen molar-refractivity contribution in [1.82, 2.24) is 4.57 Å². The van der Waals surface area contributed by atoms with Crippen molar-refractivity contribution < 1.29 is 4.57 Å². The van der Waals surface area contributed by atoms with E-state index in [1.807, 2.05) is 0 Å². The van der Waals surface area contributed by atoms with Crippen LogP contribution in [0, 0.1) is 0 Å². The third kappa shape index (κ3) is 7.54. The van der Waals surface area contributed by atoms with Gasteiger partial charge in [0.2, 0.25) is 0 Å². The van der Waals surface area contributed by atoms with Crippen LogP contribution in [-0.4, -0.2) is 4.57 Å². The molecule has 0 aliphatic rings. The van der Waals surface area contributed by atoms with E-state index in [-0.39, 0.29) is 0 Å². The zero-order valence-electron chi connectivity index (χ0n) is 16.5. The summed E-state index contributed by atoms with van der Waals surface area (Å²) in [6, 6.07) is 1.13. The maximum absolute atomic E-state index is 2.45. The normalized spacial score (nSPS) is 11.8. The molecule has 0 bridgehead atoms. The SMILES string of the molecule is CCCCCCCCCCCCc1n(C(C)C)cc[n+]1C(C)C. The largest absolute Gasteiger partial charge is 0.256 e. The molecule has 23 heavy (non-hydrogen) atoms. The Kier molecular flexibility index (Phi) is 10.3. The number of hydrogen-bond acceptors (Lipinski definition) is 0. The Balaban J connectivity index is 2.22. The Hall–Kier alpha value is -0.790. The van der Waals surface area contributed by atoms with Crippen molar-refractivity contribution in [1.29, 1.82) is 0 Å². The number of aromatic nitrogens is 2. The number of imidazole rings is 1. The molecule has 1 rings (SSSR count). The third-order valence-electron chi connectivity index (χ3n) is 4.85. The van der Waals surface area contributed by atoms with Gasteiger partial charge < -0.3 is 0 Å². The predicted octanol–water partition coefficient (Wildman–Crippen LogP) is 6.40. The molecular weight excluding hydrogens is 280 g/mol. The topological polar surface area (TPSA) is 8.81 Å². The number of rotatable bonds is 13. The van der Waals surface area contributed by atoms with Gasteiger partial charge in [-0.15, -0.1) is 0 Å². The highest BCUT2D eigenvalue weighted by Gasteiger charge is 2.20. The van der Waals surface area contributed by atoms with Crippen molar-refractivity contribution in [2.75, 3.05) is 0 Å². The second-order valence-corrected chi connectivity index (χ2v) is 7.65. The van der Waals surface area contributed by atoms with Gasteiger partial charge in [-0.25, -0.2) is 9.13 Å². The predicted molar refractivity (Wildman–Crippen MR) is 101 cm³/mol. The average Bonchev–Trinajstić information content (AvgIpc) is 2.93. The van der Waals surface area contributed by atoms with Crippen LogP contribution >= 0.6 is 0 Å². The van der Waals surface area contributed by atoms with Crippen LogP contribution in [0.3, 0.4) is 0 Å². The average molecular weight is 322 g/mol. The molecule has 0 aliphatic carbocycles. The first kappa shape index (κ1) is 20.3. The summed E-state index contributed by atoms with van der Waals surface area (Å²) in [6.45, 7) is 11.4. The van der Waals surface area contributed by atoms with Crippen LogP contribution < -0.4 is 4.57 Å². The van der Waals surface area contributed by atoms with E-state index in [9.17, 15) is 0 Å². The summed E-state index contributed by atoms with van der Waals surface area (Å²) in [5, 5.41) is 0. The van der Waals surface area contributed by atoms with E-state index in [1.54, 1.807) is 0 Å². The summed E-state index contributed by atoms with van der Waals surface area (Å²) in [5.41, 5.74) is 0. The molecule has 0 aromatic carbocycles. The van der Waals surface area contributed by atoms with E-state index in [0.717, 1.165) is 0 Å². The fourth-order valence-corrected chi connectivity index (χ4v) is 3.42. The molecule has 0 atom stereocenters. The zero-order chi connectivity index (χ0) is 17.1. The molecule has 0 N–H and O–H groups in total. The van der Waals surface area contributed by atoms with E-state index in [1.165, 1.54) is 76.5 Å². The van der Waals surface area contributed by atoms with Crippen molar-refractivity contribution in [3.63, 3.8) is 0 Å². The van der Waals surface area contributed by atoms with E-state index < -0.39 is 0 Å². The standard InChI is InChI=1S/C21H41N2/c1-6-7-8-9-10-11-12-13-14-15-16-21-22(19(2)3)17-18-23(21)20(4)5/h17-20H,6-16H2,1-5H3/q+1. The molecule has 1 aromatic heterocycles. The maximum Gasteiger partial charge on any atom is 0.256 e. The lowest BCUT2D eigenvalue weighted by Gasteiger charge is -2.09. The van der Waals surface area contributed by atoms with Gasteiger partial charge >= 0.3 is 0 Å². The monoisotopic (exact) mass is 321 g/mol. The quantitative estimate of drug-likeness (QED) is 0.293. The van der Waals surface area contributed by atoms with E-state index in [0.29, 0.717) is 12.1 Å². The zero-order valence-corrected chi connectivity index (χ0v) is 16.5. The minimum atomic E-state index is 0.563.